The van der Waals surface area contributed by atoms with E-state index >= 15 is 0 Å². The highest BCUT2D eigenvalue weighted by Gasteiger charge is 2.35. The zero-order valence-electron chi connectivity index (χ0n) is 16.7. The largest absolute Gasteiger partial charge is 0.459 e. The highest BCUT2D eigenvalue weighted by atomic mass is 16.6. The lowest BCUT2D eigenvalue weighted by Gasteiger charge is -2.23. The summed E-state index contributed by atoms with van der Waals surface area (Å²) in [6, 6.07) is 7.63. The number of amidine groups is 1. The Morgan fingerprint density at radius 2 is 1.89 bits per heavy atom. The van der Waals surface area contributed by atoms with Crippen LogP contribution in [0.25, 0.3) is 6.08 Å². The van der Waals surface area contributed by atoms with Crippen molar-refractivity contribution in [3.8, 4) is 0 Å². The van der Waals surface area contributed by atoms with Gasteiger partial charge in [0.05, 0.1) is 0 Å². The van der Waals surface area contributed by atoms with E-state index in [0.717, 1.165) is 11.3 Å². The number of aliphatic hydroxyl groups is 1. The topological polar surface area (TPSA) is 82.4 Å². The fourth-order valence-corrected chi connectivity index (χ4v) is 2.57. The summed E-state index contributed by atoms with van der Waals surface area (Å²) in [4.78, 5) is 32.2. The number of anilines is 1. The van der Waals surface area contributed by atoms with Crippen molar-refractivity contribution < 1.29 is 19.4 Å². The summed E-state index contributed by atoms with van der Waals surface area (Å²) < 4.78 is 5.27. The smallest absolute Gasteiger partial charge is 0.326 e. The second kappa shape index (κ2) is 7.92. The van der Waals surface area contributed by atoms with Crippen molar-refractivity contribution in [1.82, 2.24) is 4.90 Å². The zero-order chi connectivity index (χ0) is 20.4. The number of amides is 1. The molecule has 0 spiro atoms. The van der Waals surface area contributed by atoms with Crippen LogP contribution in [0.3, 0.4) is 0 Å². The molecule has 1 aromatic rings. The molecule has 0 aliphatic carbocycles. The van der Waals surface area contributed by atoms with E-state index in [9.17, 15) is 14.7 Å². The van der Waals surface area contributed by atoms with Gasteiger partial charge in [-0.05, 0) is 51.5 Å². The number of rotatable bonds is 5. The Balaban J connectivity index is 2.24. The zero-order valence-corrected chi connectivity index (χ0v) is 16.7. The molecule has 27 heavy (non-hydrogen) atoms. The van der Waals surface area contributed by atoms with E-state index in [1.165, 1.54) is 11.8 Å². The highest BCUT2D eigenvalue weighted by molar-refractivity contribution is 6.16. The molecule has 1 aliphatic heterocycles. The molecule has 1 N–H and O–H groups in total. The van der Waals surface area contributed by atoms with Crippen molar-refractivity contribution in [2.45, 2.75) is 39.4 Å². The Bertz CT molecular complexity index is 771. The van der Waals surface area contributed by atoms with E-state index < -0.39 is 23.6 Å². The summed E-state index contributed by atoms with van der Waals surface area (Å²) in [7, 11) is 3.89. The molecule has 2 rings (SSSR count). The average Bonchev–Trinajstić information content (AvgIpc) is 2.83. The SMILES string of the molecule is CC(O)C1=N/C(=C\c2ccc(N(C)C)cc2)C(=O)N1CC(=O)OC(C)(C)C. The van der Waals surface area contributed by atoms with Crippen LogP contribution < -0.4 is 4.90 Å². The van der Waals surface area contributed by atoms with Gasteiger partial charge in [-0.2, -0.15) is 0 Å². The van der Waals surface area contributed by atoms with Crippen molar-refractivity contribution in [2.75, 3.05) is 25.5 Å². The number of benzene rings is 1. The van der Waals surface area contributed by atoms with Gasteiger partial charge in [-0.15, -0.1) is 0 Å². The van der Waals surface area contributed by atoms with Gasteiger partial charge in [0.25, 0.3) is 5.91 Å². The standard InChI is InChI=1S/C20H27N3O4/c1-13(24)18-21-16(11-14-7-9-15(10-8-14)22(5)6)19(26)23(18)12-17(25)27-20(2,3)4/h7-11,13,24H,12H2,1-6H3/b16-11-. The molecule has 1 amide bonds. The number of nitrogens with zero attached hydrogens (tertiary/aromatic N) is 3. The van der Waals surface area contributed by atoms with Crippen LogP contribution in [-0.4, -0.2) is 60.1 Å². The minimum Gasteiger partial charge on any atom is -0.459 e. The number of hydrogen-bond acceptors (Lipinski definition) is 6. The first-order chi connectivity index (χ1) is 12.5. The summed E-state index contributed by atoms with van der Waals surface area (Å²) in [6.45, 7) is 6.47. The molecule has 1 heterocycles. The van der Waals surface area contributed by atoms with Gasteiger partial charge in [0.1, 0.15) is 29.8 Å². The lowest BCUT2D eigenvalue weighted by atomic mass is 10.1. The van der Waals surface area contributed by atoms with Crippen LogP contribution >= 0.6 is 0 Å². The molecule has 7 nitrogen and oxygen atoms in total. The number of carbonyl (C=O) groups excluding carboxylic acids is 2. The Morgan fingerprint density at radius 1 is 1.30 bits per heavy atom. The summed E-state index contributed by atoms with van der Waals surface area (Å²) >= 11 is 0. The van der Waals surface area contributed by atoms with E-state index in [-0.39, 0.29) is 18.1 Å². The molecule has 146 valence electrons. The second-order valence-electron chi connectivity index (χ2n) is 7.64. The van der Waals surface area contributed by atoms with Crippen molar-refractivity contribution in [3.63, 3.8) is 0 Å². The lowest BCUT2D eigenvalue weighted by Crippen LogP contribution is -2.43. The molecule has 0 saturated carbocycles. The maximum atomic E-state index is 12.7. The molecule has 1 atom stereocenters. The Labute approximate surface area is 159 Å². The van der Waals surface area contributed by atoms with Crippen LogP contribution in [-0.2, 0) is 14.3 Å². The van der Waals surface area contributed by atoms with Gasteiger partial charge < -0.3 is 14.7 Å². The van der Waals surface area contributed by atoms with E-state index in [2.05, 4.69) is 4.99 Å². The van der Waals surface area contributed by atoms with Crippen molar-refractivity contribution in [3.05, 3.63) is 35.5 Å². The molecule has 7 heteroatoms. The van der Waals surface area contributed by atoms with Gasteiger partial charge in [-0.3, -0.25) is 14.5 Å². The van der Waals surface area contributed by atoms with Gasteiger partial charge in [-0.1, -0.05) is 12.1 Å². The molecule has 0 fully saturated rings. The number of hydrogen-bond donors (Lipinski definition) is 1. The normalized spacial score (nSPS) is 17.1. The maximum Gasteiger partial charge on any atom is 0.326 e. The molecule has 1 aromatic carbocycles. The molecule has 0 radical (unpaired) electrons. The predicted molar refractivity (Wildman–Crippen MR) is 105 cm³/mol. The van der Waals surface area contributed by atoms with Crippen LogP contribution in [0.5, 0.6) is 0 Å². The molecular formula is C20H27N3O4. The minimum absolute atomic E-state index is 0.141. The average molecular weight is 373 g/mol. The first kappa shape index (κ1) is 20.6. The van der Waals surface area contributed by atoms with Gasteiger partial charge in [0, 0.05) is 19.8 Å². The van der Waals surface area contributed by atoms with Gasteiger partial charge >= 0.3 is 5.97 Å². The monoisotopic (exact) mass is 373 g/mol. The molecule has 0 bridgehead atoms. The first-order valence-corrected chi connectivity index (χ1v) is 8.77. The van der Waals surface area contributed by atoms with Crippen LogP contribution in [0, 0.1) is 0 Å². The number of carbonyl (C=O) groups is 2. The minimum atomic E-state index is -0.988. The maximum absolute atomic E-state index is 12.7. The fraction of sp³-hybridized carbons (Fsp3) is 0.450. The lowest BCUT2D eigenvalue weighted by molar-refractivity contribution is -0.156. The van der Waals surface area contributed by atoms with Crippen molar-refractivity contribution >= 4 is 29.5 Å². The van der Waals surface area contributed by atoms with Gasteiger partial charge in [-0.25, -0.2) is 4.99 Å². The van der Waals surface area contributed by atoms with Crippen molar-refractivity contribution in [2.24, 2.45) is 4.99 Å². The molecule has 0 aromatic heterocycles. The fourth-order valence-electron chi connectivity index (χ4n) is 2.57. The number of esters is 1. The third-order valence-electron chi connectivity index (χ3n) is 3.77. The van der Waals surface area contributed by atoms with E-state index in [4.69, 9.17) is 4.74 Å². The molecular weight excluding hydrogens is 346 g/mol. The van der Waals surface area contributed by atoms with E-state index in [0.29, 0.717) is 0 Å². The van der Waals surface area contributed by atoms with Gasteiger partial charge in [0.15, 0.2) is 0 Å². The van der Waals surface area contributed by atoms with E-state index in [1.807, 2.05) is 43.3 Å². The third kappa shape index (κ3) is 5.40. The molecule has 1 unspecified atom stereocenters. The van der Waals surface area contributed by atoms with Gasteiger partial charge in [0.2, 0.25) is 0 Å². The van der Waals surface area contributed by atoms with Crippen LogP contribution in [0.1, 0.15) is 33.3 Å². The summed E-state index contributed by atoms with van der Waals surface area (Å²) in [5.74, 6) is -0.851. The molecule has 1 aliphatic rings. The predicted octanol–water partition coefficient (Wildman–Crippen LogP) is 2.06. The third-order valence-corrected chi connectivity index (χ3v) is 3.77. The Morgan fingerprint density at radius 3 is 2.37 bits per heavy atom. The Hall–Kier alpha value is -2.67. The number of aliphatic imine (C=N–C) groups is 1. The molecule has 0 saturated heterocycles. The second-order valence-corrected chi connectivity index (χ2v) is 7.64. The van der Waals surface area contributed by atoms with Crippen LogP contribution in [0.2, 0.25) is 0 Å². The van der Waals surface area contributed by atoms with E-state index in [1.54, 1.807) is 26.8 Å². The summed E-state index contributed by atoms with van der Waals surface area (Å²) in [5, 5.41) is 9.96. The van der Waals surface area contributed by atoms with Crippen LogP contribution in [0.4, 0.5) is 5.69 Å². The summed E-state index contributed by atoms with van der Waals surface area (Å²) in [6.07, 6.45) is 0.651. The number of ether oxygens (including phenoxy) is 1. The van der Waals surface area contributed by atoms with Crippen molar-refractivity contribution in [1.29, 1.82) is 0 Å². The number of aliphatic hydroxyl groups excluding tert-OH is 1. The summed E-state index contributed by atoms with van der Waals surface area (Å²) in [5.41, 5.74) is 1.35. The van der Waals surface area contributed by atoms with Crippen LogP contribution in [0.15, 0.2) is 35.0 Å². The highest BCUT2D eigenvalue weighted by Crippen LogP contribution is 2.22. The Kier molecular flexibility index (Phi) is 6.05. The quantitative estimate of drug-likeness (QED) is 0.631. The first-order valence-electron chi connectivity index (χ1n) is 8.77.